The second-order valence-electron chi connectivity index (χ2n) is 4.89. The first kappa shape index (κ1) is 17.0. The van der Waals surface area contributed by atoms with E-state index in [2.05, 4.69) is 0 Å². The lowest BCUT2D eigenvalue weighted by atomic mass is 10.1. The number of benzene rings is 2. The second-order valence-corrected chi connectivity index (χ2v) is 6.45. The molecule has 122 valence electrons. The lowest BCUT2D eigenvalue weighted by molar-refractivity contribution is 0.0337. The number of carbonyl (C=O) groups is 1. The van der Waals surface area contributed by atoms with Crippen LogP contribution in [0.25, 0.3) is 0 Å². The van der Waals surface area contributed by atoms with Crippen molar-refractivity contribution < 1.29 is 22.7 Å². The molecule has 0 amide bonds. The van der Waals surface area contributed by atoms with E-state index in [0.717, 1.165) is 0 Å². The predicted octanol–water partition coefficient (Wildman–Crippen LogP) is 2.26. The van der Waals surface area contributed by atoms with Crippen molar-refractivity contribution in [3.05, 3.63) is 59.7 Å². The van der Waals surface area contributed by atoms with E-state index in [1.54, 1.807) is 50.4 Å². The Morgan fingerprint density at radius 3 is 2.09 bits per heavy atom. The summed E-state index contributed by atoms with van der Waals surface area (Å²) in [5.74, 6) is 0.170. The quantitative estimate of drug-likeness (QED) is 0.846. The van der Waals surface area contributed by atoms with E-state index in [1.165, 1.54) is 12.1 Å². The number of primary sulfonamides is 1. The van der Waals surface area contributed by atoms with E-state index in [0.29, 0.717) is 16.9 Å². The van der Waals surface area contributed by atoms with Gasteiger partial charge in [0.2, 0.25) is 10.0 Å². The summed E-state index contributed by atoms with van der Waals surface area (Å²) in [7, 11) is -2.20. The summed E-state index contributed by atoms with van der Waals surface area (Å²) in [5, 5.41) is 5.04. The maximum absolute atomic E-state index is 12.1. The maximum atomic E-state index is 12.1. The first-order chi connectivity index (χ1) is 10.8. The van der Waals surface area contributed by atoms with Crippen molar-refractivity contribution in [1.82, 2.24) is 0 Å². The monoisotopic (exact) mass is 335 g/mol. The Hall–Kier alpha value is -2.38. The molecule has 0 aliphatic heterocycles. The molecule has 0 aromatic heterocycles. The van der Waals surface area contributed by atoms with Gasteiger partial charge in [-0.05, 0) is 48.9 Å². The molecule has 23 heavy (non-hydrogen) atoms. The molecule has 7 heteroatoms. The van der Waals surface area contributed by atoms with Gasteiger partial charge in [-0.1, -0.05) is 12.1 Å². The zero-order valence-electron chi connectivity index (χ0n) is 12.7. The number of hydrogen-bond acceptors (Lipinski definition) is 5. The van der Waals surface area contributed by atoms with Gasteiger partial charge in [-0.15, -0.1) is 0 Å². The molecule has 2 rings (SSSR count). The zero-order valence-corrected chi connectivity index (χ0v) is 13.5. The molecule has 2 N–H and O–H groups in total. The van der Waals surface area contributed by atoms with Crippen LogP contribution in [-0.2, 0) is 14.8 Å². The summed E-state index contributed by atoms with van der Waals surface area (Å²) in [6.45, 7) is 1.70. The van der Waals surface area contributed by atoms with Crippen molar-refractivity contribution in [2.24, 2.45) is 5.14 Å². The molecule has 2 aromatic carbocycles. The molecule has 6 nitrogen and oxygen atoms in total. The van der Waals surface area contributed by atoms with Crippen LogP contribution in [0.3, 0.4) is 0 Å². The standard InChI is InChI=1S/C16H17NO5S/c1-11(12-5-9-15(10-6-12)23(17,19)20)22-16(18)13-3-7-14(21-2)8-4-13/h3-11H,1-2H3,(H2,17,19,20). The van der Waals surface area contributed by atoms with Gasteiger partial charge in [-0.25, -0.2) is 18.4 Å². The van der Waals surface area contributed by atoms with Crippen molar-refractivity contribution in [1.29, 1.82) is 0 Å². The highest BCUT2D eigenvalue weighted by atomic mass is 32.2. The summed E-state index contributed by atoms with van der Waals surface area (Å²) in [6.07, 6.45) is -0.529. The highest BCUT2D eigenvalue weighted by molar-refractivity contribution is 7.89. The fourth-order valence-corrected chi connectivity index (χ4v) is 2.47. The number of ether oxygens (including phenoxy) is 2. The zero-order chi connectivity index (χ0) is 17.0. The van der Waals surface area contributed by atoms with Crippen molar-refractivity contribution in [2.75, 3.05) is 7.11 Å². The Morgan fingerprint density at radius 1 is 1.04 bits per heavy atom. The first-order valence-corrected chi connectivity index (χ1v) is 8.33. The third-order valence-electron chi connectivity index (χ3n) is 3.29. The fraction of sp³-hybridized carbons (Fsp3) is 0.188. The predicted molar refractivity (Wildman–Crippen MR) is 84.6 cm³/mol. The largest absolute Gasteiger partial charge is 0.497 e. The molecular weight excluding hydrogens is 318 g/mol. The van der Waals surface area contributed by atoms with E-state index in [1.807, 2.05) is 0 Å². The number of hydrogen-bond donors (Lipinski definition) is 1. The number of methoxy groups -OCH3 is 1. The fourth-order valence-electron chi connectivity index (χ4n) is 1.95. The number of sulfonamides is 1. The Bertz CT molecular complexity index is 782. The lowest BCUT2D eigenvalue weighted by Gasteiger charge is -2.14. The minimum absolute atomic E-state index is 0.00920. The van der Waals surface area contributed by atoms with Crippen LogP contribution in [0.1, 0.15) is 28.9 Å². The summed E-state index contributed by atoms with van der Waals surface area (Å²) in [4.78, 5) is 12.1. The van der Waals surface area contributed by atoms with Gasteiger partial charge in [0.1, 0.15) is 11.9 Å². The van der Waals surface area contributed by atoms with Crippen LogP contribution in [0.4, 0.5) is 0 Å². The van der Waals surface area contributed by atoms with Crippen LogP contribution >= 0.6 is 0 Å². The van der Waals surface area contributed by atoms with Crippen LogP contribution in [-0.4, -0.2) is 21.5 Å². The minimum Gasteiger partial charge on any atom is -0.497 e. The normalized spacial score (nSPS) is 12.5. The van der Waals surface area contributed by atoms with Gasteiger partial charge >= 0.3 is 5.97 Å². The topological polar surface area (TPSA) is 95.7 Å². The molecule has 2 aromatic rings. The molecule has 0 saturated heterocycles. The smallest absolute Gasteiger partial charge is 0.338 e. The summed E-state index contributed by atoms with van der Waals surface area (Å²) in [6, 6.07) is 12.4. The molecule has 1 unspecified atom stereocenters. The van der Waals surface area contributed by atoms with Gasteiger partial charge in [0.25, 0.3) is 0 Å². The van der Waals surface area contributed by atoms with E-state index in [-0.39, 0.29) is 4.90 Å². The van der Waals surface area contributed by atoms with Gasteiger partial charge in [-0.2, -0.15) is 0 Å². The van der Waals surface area contributed by atoms with Crippen LogP contribution < -0.4 is 9.88 Å². The Morgan fingerprint density at radius 2 is 1.61 bits per heavy atom. The highest BCUT2D eigenvalue weighted by Crippen LogP contribution is 2.21. The minimum atomic E-state index is -3.74. The van der Waals surface area contributed by atoms with Crippen LogP contribution in [0.15, 0.2) is 53.4 Å². The number of carbonyl (C=O) groups excluding carboxylic acids is 1. The van der Waals surface area contributed by atoms with Crippen molar-refractivity contribution in [3.8, 4) is 5.75 Å². The van der Waals surface area contributed by atoms with E-state index in [9.17, 15) is 13.2 Å². The Kier molecular flexibility index (Phi) is 5.02. The lowest BCUT2D eigenvalue weighted by Crippen LogP contribution is -2.13. The van der Waals surface area contributed by atoms with Gasteiger partial charge in [-0.3, -0.25) is 0 Å². The molecule has 0 aliphatic carbocycles. The second kappa shape index (κ2) is 6.80. The molecular formula is C16H17NO5S. The number of rotatable bonds is 5. The molecule has 0 radical (unpaired) electrons. The maximum Gasteiger partial charge on any atom is 0.338 e. The van der Waals surface area contributed by atoms with Gasteiger partial charge < -0.3 is 9.47 Å². The molecule has 0 fully saturated rings. The van der Waals surface area contributed by atoms with E-state index in [4.69, 9.17) is 14.6 Å². The molecule has 1 atom stereocenters. The third-order valence-corrected chi connectivity index (χ3v) is 4.22. The van der Waals surface area contributed by atoms with Crippen molar-refractivity contribution in [3.63, 3.8) is 0 Å². The molecule has 0 spiro atoms. The summed E-state index contributed by atoms with van der Waals surface area (Å²) >= 11 is 0. The van der Waals surface area contributed by atoms with Crippen molar-refractivity contribution in [2.45, 2.75) is 17.9 Å². The Balaban J connectivity index is 2.08. The van der Waals surface area contributed by atoms with Gasteiger partial charge in [0.15, 0.2) is 0 Å². The van der Waals surface area contributed by atoms with Crippen LogP contribution in [0.2, 0.25) is 0 Å². The van der Waals surface area contributed by atoms with Gasteiger partial charge in [0, 0.05) is 0 Å². The number of nitrogens with two attached hydrogens (primary N) is 1. The Labute approximate surface area is 134 Å². The third kappa shape index (κ3) is 4.30. The van der Waals surface area contributed by atoms with Crippen LogP contribution in [0, 0.1) is 0 Å². The SMILES string of the molecule is COc1ccc(C(=O)OC(C)c2ccc(S(N)(=O)=O)cc2)cc1. The van der Waals surface area contributed by atoms with E-state index >= 15 is 0 Å². The number of esters is 1. The van der Waals surface area contributed by atoms with E-state index < -0.39 is 22.1 Å². The van der Waals surface area contributed by atoms with Crippen molar-refractivity contribution >= 4 is 16.0 Å². The molecule has 0 bridgehead atoms. The molecule has 0 saturated carbocycles. The highest BCUT2D eigenvalue weighted by Gasteiger charge is 2.15. The molecule has 0 heterocycles. The average molecular weight is 335 g/mol. The average Bonchev–Trinajstić information content (AvgIpc) is 2.54. The summed E-state index contributed by atoms with van der Waals surface area (Å²) in [5.41, 5.74) is 1.07. The first-order valence-electron chi connectivity index (χ1n) is 6.79. The molecule has 0 aliphatic rings. The van der Waals surface area contributed by atoms with Gasteiger partial charge in [0.05, 0.1) is 17.6 Å². The summed E-state index contributed by atoms with van der Waals surface area (Å²) < 4.78 is 32.8. The van der Waals surface area contributed by atoms with Crippen LogP contribution in [0.5, 0.6) is 5.75 Å².